The first-order valence-corrected chi connectivity index (χ1v) is 7.06. The number of carbonyl (C=O) groups is 1. The first-order valence-electron chi connectivity index (χ1n) is 7.06. The highest BCUT2D eigenvalue weighted by molar-refractivity contribution is 5.84. The fourth-order valence-electron chi connectivity index (χ4n) is 2.85. The summed E-state index contributed by atoms with van der Waals surface area (Å²) in [6, 6.07) is 3.47. The van der Waals surface area contributed by atoms with E-state index < -0.39 is 5.97 Å². The third kappa shape index (κ3) is 3.18. The molecule has 0 bridgehead atoms. The van der Waals surface area contributed by atoms with E-state index in [1.54, 1.807) is 6.07 Å². The molecule has 106 valence electrons. The van der Waals surface area contributed by atoms with Crippen molar-refractivity contribution in [3.63, 3.8) is 0 Å². The summed E-state index contributed by atoms with van der Waals surface area (Å²) < 4.78 is 5.39. The summed E-state index contributed by atoms with van der Waals surface area (Å²) >= 11 is 0. The van der Waals surface area contributed by atoms with Crippen LogP contribution in [0.25, 0.3) is 0 Å². The zero-order valence-corrected chi connectivity index (χ0v) is 11.9. The normalized spacial score (nSPS) is 19.8. The molecule has 1 aliphatic heterocycles. The summed E-state index contributed by atoms with van der Waals surface area (Å²) in [7, 11) is 0. The van der Waals surface area contributed by atoms with Gasteiger partial charge in [-0.3, -0.25) is 4.90 Å². The van der Waals surface area contributed by atoms with Crippen molar-refractivity contribution < 1.29 is 14.3 Å². The number of carboxylic acid groups (broad SMARTS) is 1. The van der Waals surface area contributed by atoms with Crippen LogP contribution >= 0.6 is 0 Å². The second kappa shape index (κ2) is 5.78. The van der Waals surface area contributed by atoms with Gasteiger partial charge < -0.3 is 9.52 Å². The van der Waals surface area contributed by atoms with Crippen LogP contribution in [-0.4, -0.2) is 29.1 Å². The molecule has 1 aromatic heterocycles. The van der Waals surface area contributed by atoms with E-state index in [1.807, 2.05) is 0 Å². The largest absolute Gasteiger partial charge is 0.475 e. The Morgan fingerprint density at radius 1 is 1.32 bits per heavy atom. The van der Waals surface area contributed by atoms with Crippen LogP contribution in [0.2, 0.25) is 0 Å². The van der Waals surface area contributed by atoms with Gasteiger partial charge in [-0.1, -0.05) is 13.8 Å². The summed E-state index contributed by atoms with van der Waals surface area (Å²) in [5.74, 6) is 1.34. The molecule has 1 saturated heterocycles. The number of nitrogens with zero attached hydrogens (tertiary/aromatic N) is 1. The molecule has 0 aromatic carbocycles. The van der Waals surface area contributed by atoms with Crippen molar-refractivity contribution in [1.82, 2.24) is 4.90 Å². The summed E-state index contributed by atoms with van der Waals surface area (Å²) in [5.41, 5.74) is 0. The van der Waals surface area contributed by atoms with E-state index in [9.17, 15) is 4.79 Å². The number of furan rings is 1. The maximum Gasteiger partial charge on any atom is 0.371 e. The molecule has 1 atom stereocenters. The van der Waals surface area contributed by atoms with Crippen molar-refractivity contribution in [3.8, 4) is 0 Å². The number of carboxylic acids is 1. The zero-order chi connectivity index (χ0) is 14.0. The van der Waals surface area contributed by atoms with Gasteiger partial charge in [-0.15, -0.1) is 0 Å². The lowest BCUT2D eigenvalue weighted by Gasteiger charge is -2.36. The van der Waals surface area contributed by atoms with Gasteiger partial charge in [-0.2, -0.15) is 0 Å². The standard InChI is InChI=1S/C15H23NO3/c1-10(2)12-6-8-16(9-7-12)11(3)13-4-5-14(19-13)15(17)18/h4-5,10-12H,6-9H2,1-3H3,(H,17,18). The fraction of sp³-hybridized carbons (Fsp3) is 0.667. The smallest absolute Gasteiger partial charge is 0.371 e. The van der Waals surface area contributed by atoms with Gasteiger partial charge in [-0.25, -0.2) is 4.79 Å². The SMILES string of the molecule is CC(C)C1CCN(C(C)c2ccc(C(=O)O)o2)CC1. The van der Waals surface area contributed by atoms with E-state index in [-0.39, 0.29) is 11.8 Å². The van der Waals surface area contributed by atoms with Crippen LogP contribution in [0.15, 0.2) is 16.5 Å². The van der Waals surface area contributed by atoms with E-state index in [4.69, 9.17) is 9.52 Å². The first-order chi connectivity index (χ1) is 8.99. The Morgan fingerprint density at radius 2 is 1.95 bits per heavy atom. The van der Waals surface area contributed by atoms with Crippen molar-refractivity contribution >= 4 is 5.97 Å². The molecular weight excluding hydrogens is 242 g/mol. The van der Waals surface area contributed by atoms with E-state index >= 15 is 0 Å². The highest BCUT2D eigenvalue weighted by Gasteiger charge is 2.26. The molecule has 4 nitrogen and oxygen atoms in total. The van der Waals surface area contributed by atoms with Crippen molar-refractivity contribution in [1.29, 1.82) is 0 Å². The lowest BCUT2D eigenvalue weighted by Crippen LogP contribution is -2.36. The molecule has 4 heteroatoms. The monoisotopic (exact) mass is 265 g/mol. The Balaban J connectivity index is 1.96. The molecule has 2 rings (SSSR count). The van der Waals surface area contributed by atoms with Gasteiger partial charge in [0.05, 0.1) is 6.04 Å². The lowest BCUT2D eigenvalue weighted by molar-refractivity contribution is 0.0651. The van der Waals surface area contributed by atoms with Gasteiger partial charge in [0.2, 0.25) is 5.76 Å². The summed E-state index contributed by atoms with van der Waals surface area (Å²) in [6.45, 7) is 8.78. The van der Waals surface area contributed by atoms with Crippen LogP contribution in [0.3, 0.4) is 0 Å². The Morgan fingerprint density at radius 3 is 2.42 bits per heavy atom. The highest BCUT2D eigenvalue weighted by Crippen LogP contribution is 2.30. The molecule has 2 heterocycles. The third-order valence-electron chi connectivity index (χ3n) is 4.31. The molecule has 19 heavy (non-hydrogen) atoms. The van der Waals surface area contributed by atoms with E-state index in [0.29, 0.717) is 0 Å². The topological polar surface area (TPSA) is 53.7 Å². The molecule has 0 saturated carbocycles. The highest BCUT2D eigenvalue weighted by atomic mass is 16.4. The number of aromatic carboxylic acids is 1. The quantitative estimate of drug-likeness (QED) is 0.906. The third-order valence-corrected chi connectivity index (χ3v) is 4.31. The van der Waals surface area contributed by atoms with Gasteiger partial charge in [0.15, 0.2) is 0 Å². The lowest BCUT2D eigenvalue weighted by atomic mass is 9.86. The molecule has 1 aromatic rings. The predicted octanol–water partition coefficient (Wildman–Crippen LogP) is 3.41. The molecule has 0 radical (unpaired) electrons. The van der Waals surface area contributed by atoms with Gasteiger partial charge in [0.25, 0.3) is 0 Å². The maximum absolute atomic E-state index is 10.8. The van der Waals surface area contributed by atoms with Crippen LogP contribution in [0.5, 0.6) is 0 Å². The van der Waals surface area contributed by atoms with Crippen LogP contribution in [-0.2, 0) is 0 Å². The molecule has 1 unspecified atom stereocenters. The van der Waals surface area contributed by atoms with Gasteiger partial charge >= 0.3 is 5.97 Å². The number of rotatable bonds is 4. The average molecular weight is 265 g/mol. The van der Waals surface area contributed by atoms with Crippen LogP contribution in [0, 0.1) is 11.8 Å². The van der Waals surface area contributed by atoms with Gasteiger partial charge in [0, 0.05) is 0 Å². The molecular formula is C15H23NO3. The van der Waals surface area contributed by atoms with Crippen molar-refractivity contribution in [2.24, 2.45) is 11.8 Å². The summed E-state index contributed by atoms with van der Waals surface area (Å²) in [5, 5.41) is 8.88. The van der Waals surface area contributed by atoms with Crippen molar-refractivity contribution in [2.45, 2.75) is 39.7 Å². The number of piperidine rings is 1. The van der Waals surface area contributed by atoms with E-state index in [2.05, 4.69) is 25.7 Å². The van der Waals surface area contributed by atoms with E-state index in [1.165, 1.54) is 18.9 Å². The minimum atomic E-state index is -1.00. The molecule has 1 fully saturated rings. The van der Waals surface area contributed by atoms with Crippen molar-refractivity contribution in [3.05, 3.63) is 23.7 Å². The number of likely N-dealkylation sites (tertiary alicyclic amines) is 1. The summed E-state index contributed by atoms with van der Waals surface area (Å²) in [4.78, 5) is 13.2. The number of hydrogen-bond acceptors (Lipinski definition) is 3. The van der Waals surface area contributed by atoms with Crippen molar-refractivity contribution in [2.75, 3.05) is 13.1 Å². The Kier molecular flexibility index (Phi) is 4.30. The minimum Gasteiger partial charge on any atom is -0.475 e. The molecule has 1 N–H and O–H groups in total. The average Bonchev–Trinajstić information content (AvgIpc) is 2.87. The Bertz CT molecular complexity index is 430. The maximum atomic E-state index is 10.8. The number of hydrogen-bond donors (Lipinski definition) is 1. The minimum absolute atomic E-state index is 0.0268. The molecule has 0 amide bonds. The second-order valence-electron chi connectivity index (χ2n) is 5.80. The second-order valence-corrected chi connectivity index (χ2v) is 5.80. The van der Waals surface area contributed by atoms with Crippen LogP contribution in [0.1, 0.15) is 56.0 Å². The summed E-state index contributed by atoms with van der Waals surface area (Å²) in [6.07, 6.45) is 2.43. The molecule has 0 aliphatic carbocycles. The molecule has 1 aliphatic rings. The predicted molar refractivity (Wildman–Crippen MR) is 73.2 cm³/mol. The Labute approximate surface area is 114 Å². The van der Waals surface area contributed by atoms with Crippen LogP contribution < -0.4 is 0 Å². The van der Waals surface area contributed by atoms with E-state index in [0.717, 1.165) is 30.7 Å². The first kappa shape index (κ1) is 14.1. The van der Waals surface area contributed by atoms with Gasteiger partial charge in [-0.05, 0) is 56.8 Å². The van der Waals surface area contributed by atoms with Crippen LogP contribution in [0.4, 0.5) is 0 Å². The fourth-order valence-corrected chi connectivity index (χ4v) is 2.85. The molecule has 0 spiro atoms. The zero-order valence-electron chi connectivity index (χ0n) is 11.9. The van der Waals surface area contributed by atoms with Gasteiger partial charge in [0.1, 0.15) is 5.76 Å². The Hall–Kier alpha value is -1.29.